The highest BCUT2D eigenvalue weighted by Crippen LogP contribution is 2.41. The first kappa shape index (κ1) is 34.7. The lowest BCUT2D eigenvalue weighted by atomic mass is 9.77. The molecule has 2 aromatic heterocycles. The molecular formula is C44H40N6O4. The van der Waals surface area contributed by atoms with E-state index < -0.39 is 11.5 Å². The number of anilines is 1. The Balaban J connectivity index is 1.23. The zero-order valence-corrected chi connectivity index (χ0v) is 29.7. The molecule has 1 aliphatic rings. The molecule has 0 bridgehead atoms. The van der Waals surface area contributed by atoms with Gasteiger partial charge in [0.15, 0.2) is 12.1 Å². The number of nitrogens with one attached hydrogen (secondary N) is 1. The quantitative estimate of drug-likeness (QED) is 0.121. The molecule has 270 valence electrons. The number of amides is 1. The van der Waals surface area contributed by atoms with Crippen molar-refractivity contribution in [3.05, 3.63) is 156 Å². The molecule has 0 aliphatic carbocycles. The third kappa shape index (κ3) is 6.79. The van der Waals surface area contributed by atoms with Crippen LogP contribution in [0.4, 0.5) is 5.69 Å². The predicted octanol–water partition coefficient (Wildman–Crippen LogP) is 8.69. The van der Waals surface area contributed by atoms with Gasteiger partial charge < -0.3 is 15.2 Å². The van der Waals surface area contributed by atoms with Gasteiger partial charge in [0, 0.05) is 41.6 Å². The second-order valence-electron chi connectivity index (χ2n) is 13.5. The molecule has 1 unspecified atom stereocenters. The maximum absolute atomic E-state index is 12.7. The van der Waals surface area contributed by atoms with Gasteiger partial charge in [0.05, 0.1) is 5.52 Å². The van der Waals surface area contributed by atoms with E-state index in [2.05, 4.69) is 90.2 Å². The first-order chi connectivity index (χ1) is 26.5. The number of ether oxygens (including phenoxy) is 1. The van der Waals surface area contributed by atoms with Crippen LogP contribution in [0.1, 0.15) is 61.4 Å². The summed E-state index contributed by atoms with van der Waals surface area (Å²) >= 11 is 0. The smallest absolute Gasteiger partial charge is 0.303 e. The molecule has 0 saturated carbocycles. The Morgan fingerprint density at radius 3 is 2.07 bits per heavy atom. The molecule has 1 atom stereocenters. The van der Waals surface area contributed by atoms with Crippen molar-refractivity contribution in [2.75, 3.05) is 11.9 Å². The Kier molecular flexibility index (Phi) is 9.83. The molecule has 3 heterocycles. The Morgan fingerprint density at radius 2 is 1.44 bits per heavy atom. The van der Waals surface area contributed by atoms with Gasteiger partial charge in [-0.3, -0.25) is 9.59 Å². The van der Waals surface area contributed by atoms with Crippen molar-refractivity contribution in [1.29, 1.82) is 0 Å². The minimum absolute atomic E-state index is 0.0543. The maximum atomic E-state index is 12.7. The van der Waals surface area contributed by atoms with Crippen LogP contribution in [0, 0.1) is 0 Å². The number of aromatic nitrogens is 5. The Bertz CT molecular complexity index is 2290. The average molecular weight is 717 g/mol. The van der Waals surface area contributed by atoms with Crippen LogP contribution >= 0.6 is 0 Å². The number of rotatable bonds is 12. The van der Waals surface area contributed by atoms with E-state index in [1.807, 2.05) is 64.2 Å². The van der Waals surface area contributed by atoms with Gasteiger partial charge in [-0.05, 0) is 72.7 Å². The SMILES string of the molecule is O=C(O)CCCC(=O)Nc1cccc(-c2nn(C3CCCCO3)c3ccc(-c4ncn(C(c5ccccc5)(c5ccccc5)c5ccccc5)n4)cc23)c1. The number of aliphatic carboxylic acids is 1. The summed E-state index contributed by atoms with van der Waals surface area (Å²) in [5, 5.41) is 23.2. The fourth-order valence-electron chi connectivity index (χ4n) is 7.49. The van der Waals surface area contributed by atoms with E-state index in [9.17, 15) is 9.59 Å². The van der Waals surface area contributed by atoms with E-state index in [-0.39, 0.29) is 31.4 Å². The molecule has 1 saturated heterocycles. The van der Waals surface area contributed by atoms with Crippen molar-refractivity contribution in [3.63, 3.8) is 0 Å². The van der Waals surface area contributed by atoms with E-state index in [0.717, 1.165) is 63.7 Å². The minimum atomic E-state index is -0.918. The summed E-state index contributed by atoms with van der Waals surface area (Å²) in [5.41, 5.74) is 6.30. The number of carbonyl (C=O) groups excluding carboxylic acids is 1. The summed E-state index contributed by atoms with van der Waals surface area (Å²) in [6.07, 6.45) is 4.89. The Hall–Kier alpha value is -6.39. The van der Waals surface area contributed by atoms with Crippen LogP contribution in [-0.2, 0) is 19.9 Å². The number of fused-ring (bicyclic) bond motifs is 1. The fourth-order valence-corrected chi connectivity index (χ4v) is 7.49. The highest BCUT2D eigenvalue weighted by atomic mass is 16.5. The number of hydrogen-bond acceptors (Lipinski definition) is 6. The van der Waals surface area contributed by atoms with Crippen molar-refractivity contribution in [1.82, 2.24) is 24.5 Å². The van der Waals surface area contributed by atoms with E-state index >= 15 is 0 Å². The molecule has 10 nitrogen and oxygen atoms in total. The standard InChI is InChI=1S/C44H40N6O4/c51-39(22-13-24-41(52)53)46-36-21-12-14-31(28-36)42-37-29-32(25-26-38(37)50(47-42)40-23-10-11-27-54-40)43-45-30-49(48-43)44(33-15-4-1-5-16-33,34-17-6-2-7-18-34)35-19-8-3-9-20-35/h1-9,12,14-21,25-26,28-30,40H,10-11,13,22-24,27H2,(H,46,51)(H,52,53). The zero-order chi connectivity index (χ0) is 36.9. The highest BCUT2D eigenvalue weighted by molar-refractivity contribution is 5.97. The molecule has 54 heavy (non-hydrogen) atoms. The van der Waals surface area contributed by atoms with Crippen molar-refractivity contribution < 1.29 is 19.4 Å². The van der Waals surface area contributed by atoms with E-state index in [1.54, 1.807) is 0 Å². The average Bonchev–Trinajstić information content (AvgIpc) is 3.86. The summed E-state index contributed by atoms with van der Waals surface area (Å²) in [5.74, 6) is -0.585. The summed E-state index contributed by atoms with van der Waals surface area (Å²) in [6, 6.07) is 44.9. The molecule has 1 aliphatic heterocycles. The third-order valence-corrected chi connectivity index (χ3v) is 10.0. The van der Waals surface area contributed by atoms with Crippen LogP contribution < -0.4 is 5.32 Å². The lowest BCUT2D eigenvalue weighted by Gasteiger charge is -2.35. The summed E-state index contributed by atoms with van der Waals surface area (Å²) in [7, 11) is 0. The van der Waals surface area contributed by atoms with E-state index in [1.165, 1.54) is 0 Å². The summed E-state index contributed by atoms with van der Waals surface area (Å²) in [4.78, 5) is 28.5. The van der Waals surface area contributed by atoms with Crippen LogP contribution in [0.2, 0.25) is 0 Å². The van der Waals surface area contributed by atoms with Crippen molar-refractivity contribution in [2.45, 2.75) is 50.3 Å². The summed E-state index contributed by atoms with van der Waals surface area (Å²) < 4.78 is 10.1. The van der Waals surface area contributed by atoms with Crippen molar-refractivity contribution >= 4 is 28.5 Å². The second kappa shape index (κ2) is 15.3. The largest absolute Gasteiger partial charge is 0.481 e. The van der Waals surface area contributed by atoms with Gasteiger partial charge in [-0.1, -0.05) is 103 Å². The highest BCUT2D eigenvalue weighted by Gasteiger charge is 2.39. The molecule has 7 aromatic rings. The van der Waals surface area contributed by atoms with Crippen LogP contribution in [0.5, 0.6) is 0 Å². The molecule has 1 amide bonds. The molecule has 0 radical (unpaired) electrons. The Morgan fingerprint density at radius 1 is 0.759 bits per heavy atom. The predicted molar refractivity (Wildman–Crippen MR) is 208 cm³/mol. The third-order valence-electron chi connectivity index (χ3n) is 10.0. The number of carbonyl (C=O) groups is 2. The molecule has 2 N–H and O–H groups in total. The van der Waals surface area contributed by atoms with Gasteiger partial charge in [0.25, 0.3) is 0 Å². The zero-order valence-electron chi connectivity index (χ0n) is 29.7. The molecule has 8 rings (SSSR count). The van der Waals surface area contributed by atoms with Gasteiger partial charge in [0.1, 0.15) is 17.6 Å². The van der Waals surface area contributed by atoms with E-state index in [4.69, 9.17) is 25.0 Å². The lowest BCUT2D eigenvalue weighted by Crippen LogP contribution is -2.38. The normalized spacial score (nSPS) is 14.6. The lowest BCUT2D eigenvalue weighted by molar-refractivity contribution is -0.137. The minimum Gasteiger partial charge on any atom is -0.481 e. The topological polar surface area (TPSA) is 124 Å². The maximum Gasteiger partial charge on any atom is 0.303 e. The fraction of sp³-hybridized carbons (Fsp3) is 0.205. The summed E-state index contributed by atoms with van der Waals surface area (Å²) in [6.45, 7) is 0.677. The first-order valence-corrected chi connectivity index (χ1v) is 18.4. The number of carboxylic acid groups (broad SMARTS) is 1. The van der Waals surface area contributed by atoms with Gasteiger partial charge in [-0.2, -0.15) is 5.10 Å². The number of nitrogens with zero attached hydrogens (tertiary/aromatic N) is 5. The molecule has 1 fully saturated rings. The van der Waals surface area contributed by atoms with Gasteiger partial charge >= 0.3 is 5.97 Å². The van der Waals surface area contributed by atoms with Gasteiger partial charge in [0.2, 0.25) is 5.91 Å². The Labute approximate surface area is 313 Å². The van der Waals surface area contributed by atoms with Gasteiger partial charge in [-0.15, -0.1) is 5.10 Å². The number of carboxylic acids is 1. The van der Waals surface area contributed by atoms with Crippen LogP contribution in [0.15, 0.2) is 140 Å². The monoisotopic (exact) mass is 716 g/mol. The molecule has 5 aromatic carbocycles. The van der Waals surface area contributed by atoms with Crippen LogP contribution in [0.25, 0.3) is 33.5 Å². The number of hydrogen-bond donors (Lipinski definition) is 2. The van der Waals surface area contributed by atoms with Gasteiger partial charge in [-0.25, -0.2) is 14.3 Å². The molecule has 10 heteroatoms. The van der Waals surface area contributed by atoms with E-state index in [0.29, 0.717) is 18.1 Å². The molecular weight excluding hydrogens is 677 g/mol. The number of benzene rings is 5. The first-order valence-electron chi connectivity index (χ1n) is 18.4. The van der Waals surface area contributed by atoms with Crippen LogP contribution in [-0.4, -0.2) is 48.1 Å². The van der Waals surface area contributed by atoms with Crippen molar-refractivity contribution in [3.8, 4) is 22.6 Å². The molecule has 0 spiro atoms. The van der Waals surface area contributed by atoms with Crippen LogP contribution in [0.3, 0.4) is 0 Å². The second-order valence-corrected chi connectivity index (χ2v) is 13.5. The van der Waals surface area contributed by atoms with Crippen molar-refractivity contribution in [2.24, 2.45) is 0 Å².